The average Bonchev–Trinajstić information content (AvgIpc) is 2.97. The van der Waals surface area contributed by atoms with Gasteiger partial charge in [0.15, 0.2) is 0 Å². The summed E-state index contributed by atoms with van der Waals surface area (Å²) in [7, 11) is 1.75. The molecule has 3 aromatic rings. The molecule has 2 aromatic carbocycles. The van der Waals surface area contributed by atoms with Crippen molar-refractivity contribution in [1.29, 1.82) is 0 Å². The van der Waals surface area contributed by atoms with Gasteiger partial charge in [0.25, 0.3) is 0 Å². The van der Waals surface area contributed by atoms with E-state index in [0.717, 1.165) is 16.8 Å². The van der Waals surface area contributed by atoms with Crippen molar-refractivity contribution in [3.63, 3.8) is 0 Å². The summed E-state index contributed by atoms with van der Waals surface area (Å²) in [6, 6.07) is 14.1. The van der Waals surface area contributed by atoms with Crippen LogP contribution < -0.4 is 9.47 Å². The van der Waals surface area contributed by atoms with Gasteiger partial charge in [-0.25, -0.2) is 0 Å². The molecule has 0 aliphatic heterocycles. The predicted octanol–water partition coefficient (Wildman–Crippen LogP) is 4.96. The van der Waals surface area contributed by atoms with Gasteiger partial charge in [0.2, 0.25) is 0 Å². The maximum absolute atomic E-state index is 12.2. The SMILES string of the molecule is Cn1nc(-c2ccc(OC(F)F)cc2)cc1-c1ccc(OC(F)F)cc1. The number of halogens is 4. The number of aryl methyl sites for hydroxylation is 1. The number of rotatable bonds is 6. The van der Waals surface area contributed by atoms with E-state index in [1.165, 1.54) is 24.3 Å². The zero-order valence-corrected chi connectivity index (χ0v) is 13.6. The van der Waals surface area contributed by atoms with Gasteiger partial charge >= 0.3 is 13.2 Å². The molecule has 0 fully saturated rings. The molecule has 8 heteroatoms. The van der Waals surface area contributed by atoms with Crippen LogP contribution in [0.15, 0.2) is 54.6 Å². The Labute approximate surface area is 146 Å². The molecule has 4 nitrogen and oxygen atoms in total. The van der Waals surface area contributed by atoms with E-state index in [-0.39, 0.29) is 11.5 Å². The molecule has 0 unspecified atom stereocenters. The highest BCUT2D eigenvalue weighted by molar-refractivity contribution is 5.69. The number of ether oxygens (including phenoxy) is 2. The number of benzene rings is 2. The van der Waals surface area contributed by atoms with Gasteiger partial charge in [0, 0.05) is 18.2 Å². The van der Waals surface area contributed by atoms with Crippen LogP contribution in [-0.2, 0) is 7.05 Å². The lowest BCUT2D eigenvalue weighted by Gasteiger charge is -2.05. The van der Waals surface area contributed by atoms with Crippen LogP contribution in [0.1, 0.15) is 0 Å². The van der Waals surface area contributed by atoms with Crippen molar-refractivity contribution in [2.24, 2.45) is 7.05 Å². The van der Waals surface area contributed by atoms with Gasteiger partial charge in [0.05, 0.1) is 11.4 Å². The van der Waals surface area contributed by atoms with Crippen molar-refractivity contribution in [2.45, 2.75) is 13.2 Å². The number of nitrogens with zero attached hydrogens (tertiary/aromatic N) is 2. The normalized spacial score (nSPS) is 11.2. The third-order valence-electron chi connectivity index (χ3n) is 3.63. The molecule has 0 saturated carbocycles. The fourth-order valence-corrected chi connectivity index (χ4v) is 2.49. The van der Waals surface area contributed by atoms with Crippen molar-refractivity contribution in [3.8, 4) is 34.0 Å². The van der Waals surface area contributed by atoms with Crippen LogP contribution in [0.3, 0.4) is 0 Å². The zero-order valence-electron chi connectivity index (χ0n) is 13.6. The molecule has 0 radical (unpaired) electrons. The van der Waals surface area contributed by atoms with E-state index in [1.54, 1.807) is 36.0 Å². The smallest absolute Gasteiger partial charge is 0.387 e. The standard InChI is InChI=1S/C18H14F4N2O2/c1-24-16(12-4-8-14(9-5-12)26-18(21)22)10-15(23-24)11-2-6-13(7-3-11)25-17(19)20/h2-10,17-18H,1H3. The average molecular weight is 366 g/mol. The van der Waals surface area contributed by atoms with Gasteiger partial charge in [-0.05, 0) is 54.6 Å². The first-order valence-corrected chi connectivity index (χ1v) is 7.57. The topological polar surface area (TPSA) is 36.3 Å². The van der Waals surface area contributed by atoms with Gasteiger partial charge in [-0.2, -0.15) is 22.7 Å². The molecule has 136 valence electrons. The van der Waals surface area contributed by atoms with Crippen LogP contribution in [-0.4, -0.2) is 23.0 Å². The summed E-state index contributed by atoms with van der Waals surface area (Å²) in [6.07, 6.45) is 0. The summed E-state index contributed by atoms with van der Waals surface area (Å²) in [5, 5.41) is 4.40. The Kier molecular flexibility index (Phi) is 5.11. The van der Waals surface area contributed by atoms with Crippen LogP contribution in [0.5, 0.6) is 11.5 Å². The van der Waals surface area contributed by atoms with Crippen molar-refractivity contribution in [1.82, 2.24) is 9.78 Å². The molecule has 26 heavy (non-hydrogen) atoms. The van der Waals surface area contributed by atoms with Crippen LogP contribution in [0.25, 0.3) is 22.5 Å². The largest absolute Gasteiger partial charge is 0.435 e. The van der Waals surface area contributed by atoms with Gasteiger partial charge < -0.3 is 9.47 Å². The molecular formula is C18H14F4N2O2. The van der Waals surface area contributed by atoms with Crippen LogP contribution in [0.4, 0.5) is 17.6 Å². The van der Waals surface area contributed by atoms with Crippen molar-refractivity contribution in [3.05, 3.63) is 54.6 Å². The third kappa shape index (κ3) is 4.14. The van der Waals surface area contributed by atoms with Crippen molar-refractivity contribution >= 4 is 0 Å². The number of hydrogen-bond acceptors (Lipinski definition) is 3. The summed E-state index contributed by atoms with van der Waals surface area (Å²) >= 11 is 0. The van der Waals surface area contributed by atoms with Gasteiger partial charge in [-0.1, -0.05) is 0 Å². The molecule has 0 aliphatic carbocycles. The summed E-state index contributed by atoms with van der Waals surface area (Å²) in [6.45, 7) is -5.75. The van der Waals surface area contributed by atoms with Crippen LogP contribution in [0.2, 0.25) is 0 Å². The summed E-state index contributed by atoms with van der Waals surface area (Å²) in [5.41, 5.74) is 2.90. The Balaban J connectivity index is 1.82. The minimum Gasteiger partial charge on any atom is -0.435 e. The number of hydrogen-bond donors (Lipinski definition) is 0. The minimum absolute atomic E-state index is 0.0644. The fraction of sp³-hybridized carbons (Fsp3) is 0.167. The summed E-state index contributed by atoms with van der Waals surface area (Å²) in [4.78, 5) is 0. The molecule has 0 saturated heterocycles. The zero-order chi connectivity index (χ0) is 18.7. The molecular weight excluding hydrogens is 352 g/mol. The van der Waals surface area contributed by atoms with Gasteiger partial charge in [-0.15, -0.1) is 0 Å². The predicted molar refractivity (Wildman–Crippen MR) is 87.3 cm³/mol. The maximum atomic E-state index is 12.2. The van der Waals surface area contributed by atoms with E-state index in [4.69, 9.17) is 0 Å². The number of alkyl halides is 4. The first kappa shape index (κ1) is 17.8. The lowest BCUT2D eigenvalue weighted by atomic mass is 10.1. The number of aromatic nitrogens is 2. The molecule has 0 spiro atoms. The highest BCUT2D eigenvalue weighted by atomic mass is 19.3. The Hall–Kier alpha value is -3.03. The van der Waals surface area contributed by atoms with E-state index >= 15 is 0 Å². The second kappa shape index (κ2) is 7.47. The summed E-state index contributed by atoms with van der Waals surface area (Å²) < 4.78 is 59.1. The lowest BCUT2D eigenvalue weighted by molar-refractivity contribution is -0.0505. The molecule has 3 rings (SSSR count). The molecule has 0 bridgehead atoms. The summed E-state index contributed by atoms with van der Waals surface area (Å²) in [5.74, 6) is 0.135. The quantitative estimate of drug-likeness (QED) is 0.579. The first-order valence-electron chi connectivity index (χ1n) is 7.57. The molecule has 0 amide bonds. The molecule has 1 aromatic heterocycles. The van der Waals surface area contributed by atoms with Crippen molar-refractivity contribution in [2.75, 3.05) is 0 Å². The van der Waals surface area contributed by atoms with Crippen LogP contribution >= 0.6 is 0 Å². The Morgan fingerprint density at radius 3 is 1.69 bits per heavy atom. The van der Waals surface area contributed by atoms with E-state index in [9.17, 15) is 17.6 Å². The third-order valence-corrected chi connectivity index (χ3v) is 3.63. The lowest BCUT2D eigenvalue weighted by Crippen LogP contribution is -2.01. The molecule has 1 heterocycles. The molecule has 0 atom stereocenters. The van der Waals surface area contributed by atoms with E-state index in [1.807, 2.05) is 6.07 Å². The van der Waals surface area contributed by atoms with E-state index in [0.29, 0.717) is 5.69 Å². The molecule has 0 N–H and O–H groups in total. The maximum Gasteiger partial charge on any atom is 0.387 e. The van der Waals surface area contributed by atoms with Crippen molar-refractivity contribution < 1.29 is 27.0 Å². The van der Waals surface area contributed by atoms with E-state index < -0.39 is 13.2 Å². The second-order valence-electron chi connectivity index (χ2n) is 5.34. The Bertz CT molecular complexity index is 862. The van der Waals surface area contributed by atoms with Gasteiger partial charge in [-0.3, -0.25) is 4.68 Å². The second-order valence-corrected chi connectivity index (χ2v) is 5.34. The highest BCUT2D eigenvalue weighted by Gasteiger charge is 2.11. The minimum atomic E-state index is -2.88. The fourth-order valence-electron chi connectivity index (χ4n) is 2.49. The van der Waals surface area contributed by atoms with E-state index in [2.05, 4.69) is 14.6 Å². The van der Waals surface area contributed by atoms with Crippen LogP contribution in [0, 0.1) is 0 Å². The molecule has 0 aliphatic rings. The Morgan fingerprint density at radius 1 is 0.769 bits per heavy atom. The Morgan fingerprint density at radius 2 is 1.23 bits per heavy atom. The highest BCUT2D eigenvalue weighted by Crippen LogP contribution is 2.28. The first-order chi connectivity index (χ1) is 12.4. The monoisotopic (exact) mass is 366 g/mol. The van der Waals surface area contributed by atoms with Gasteiger partial charge in [0.1, 0.15) is 11.5 Å².